The third-order valence-electron chi connectivity index (χ3n) is 7.05. The van der Waals surface area contributed by atoms with E-state index in [1.54, 1.807) is 12.1 Å². The molecule has 1 aliphatic heterocycles. The Morgan fingerprint density at radius 3 is 2.30 bits per heavy atom. The third kappa shape index (κ3) is 13.7. The highest BCUT2D eigenvalue weighted by molar-refractivity contribution is 5.90. The first-order chi connectivity index (χ1) is 19.2. The monoisotopic (exact) mass is 697 g/mol. The summed E-state index contributed by atoms with van der Waals surface area (Å²) in [5.41, 5.74) is 26.7. The molecule has 44 heavy (non-hydrogen) atoms. The minimum Gasteiger partial charge on any atom is -0.508 e. The van der Waals surface area contributed by atoms with Gasteiger partial charge in [0.15, 0.2) is 0 Å². The average Bonchev–Trinajstić information content (AvgIpc) is 2.93. The summed E-state index contributed by atoms with van der Waals surface area (Å²) in [4.78, 5) is 39.3. The van der Waals surface area contributed by atoms with Crippen molar-refractivity contribution in [2.75, 3.05) is 19.6 Å². The van der Waals surface area contributed by atoms with Gasteiger partial charge in [-0.2, -0.15) is 0 Å². The van der Waals surface area contributed by atoms with Crippen LogP contribution in [0, 0.1) is 0 Å². The molecule has 1 heterocycles. The molecule has 0 radical (unpaired) electrons. The van der Waals surface area contributed by atoms with E-state index in [-0.39, 0.29) is 80.2 Å². The molecule has 4 atom stereocenters. The van der Waals surface area contributed by atoms with Gasteiger partial charge < -0.3 is 44.0 Å². The summed E-state index contributed by atoms with van der Waals surface area (Å²) in [5.74, 6) is -1.13. The van der Waals surface area contributed by atoms with Crippen LogP contribution in [0.25, 0.3) is 11.1 Å². The van der Waals surface area contributed by atoms with Gasteiger partial charge in [0.25, 0.3) is 0 Å². The molecular formula is C29H47Cl4N7O4. The van der Waals surface area contributed by atoms with Crippen LogP contribution in [-0.4, -0.2) is 66.6 Å². The van der Waals surface area contributed by atoms with Crippen LogP contribution in [0.15, 0.2) is 42.5 Å². The number of aromatic hydroxyl groups is 1. The zero-order valence-corrected chi connectivity index (χ0v) is 27.8. The second-order valence-corrected chi connectivity index (χ2v) is 10.5. The van der Waals surface area contributed by atoms with Gasteiger partial charge in [0, 0.05) is 31.5 Å². The molecule has 0 fully saturated rings. The molecule has 0 spiro atoms. The number of hydrogen-bond donors (Lipinski definition) is 8. The molecule has 12 N–H and O–H groups in total. The number of carbonyl (C=O) groups is 3. The average molecular weight is 700 g/mol. The van der Waals surface area contributed by atoms with E-state index in [1.807, 2.05) is 30.3 Å². The molecule has 0 unspecified atom stereocenters. The molecule has 11 nitrogen and oxygen atoms in total. The quantitative estimate of drug-likeness (QED) is 0.182. The first kappa shape index (κ1) is 43.8. The summed E-state index contributed by atoms with van der Waals surface area (Å²) < 4.78 is 0. The van der Waals surface area contributed by atoms with Crippen LogP contribution in [0.1, 0.15) is 43.2 Å². The molecule has 2 aromatic rings. The molecule has 2 aromatic carbocycles. The zero-order valence-electron chi connectivity index (χ0n) is 24.5. The van der Waals surface area contributed by atoms with Gasteiger partial charge in [0.2, 0.25) is 17.7 Å². The smallest absolute Gasteiger partial charge is 0.242 e. The largest absolute Gasteiger partial charge is 0.508 e. The van der Waals surface area contributed by atoms with Crippen molar-refractivity contribution in [2.45, 2.75) is 69.1 Å². The molecule has 4 bridgehead atoms. The Labute approximate surface area is 284 Å². The Kier molecular flexibility index (Phi) is 22.1. The molecule has 0 aliphatic carbocycles. The van der Waals surface area contributed by atoms with Crippen LogP contribution in [0.2, 0.25) is 0 Å². The summed E-state index contributed by atoms with van der Waals surface area (Å²) >= 11 is 0. The number of rotatable bonds is 10. The van der Waals surface area contributed by atoms with Crippen molar-refractivity contribution in [3.8, 4) is 16.9 Å². The van der Waals surface area contributed by atoms with E-state index in [9.17, 15) is 19.5 Å². The Morgan fingerprint density at radius 1 is 0.932 bits per heavy atom. The van der Waals surface area contributed by atoms with E-state index < -0.39 is 29.9 Å². The number of carbonyl (C=O) groups excluding carboxylic acids is 3. The fraction of sp³-hybridized carbons (Fsp3) is 0.483. The van der Waals surface area contributed by atoms with E-state index >= 15 is 0 Å². The number of amides is 3. The number of benzene rings is 2. The van der Waals surface area contributed by atoms with Gasteiger partial charge in [-0.1, -0.05) is 30.3 Å². The van der Waals surface area contributed by atoms with E-state index in [1.165, 1.54) is 0 Å². The first-order valence-electron chi connectivity index (χ1n) is 13.9. The molecule has 1 aliphatic rings. The number of phenols is 1. The molecule has 250 valence electrons. The Bertz CT molecular complexity index is 1180. The van der Waals surface area contributed by atoms with Gasteiger partial charge in [-0.15, -0.1) is 49.6 Å². The predicted octanol–water partition coefficient (Wildman–Crippen LogP) is 1.45. The SMILES string of the molecule is Cl.Cl.Cl.Cl.NCCC[C@H](N)CNC(=O)C[C@@H]1Cc2cccc(c2)-c2ccc(O)c(c2)C[C@H](N)C(=O)N[C@@H](CCCN)C(=O)N1. The summed E-state index contributed by atoms with van der Waals surface area (Å²) in [6.07, 6.45) is 2.79. The van der Waals surface area contributed by atoms with Gasteiger partial charge in [0.1, 0.15) is 11.8 Å². The second-order valence-electron chi connectivity index (χ2n) is 10.5. The van der Waals surface area contributed by atoms with Crippen molar-refractivity contribution in [3.05, 3.63) is 53.6 Å². The van der Waals surface area contributed by atoms with Crippen molar-refractivity contribution in [2.24, 2.45) is 22.9 Å². The first-order valence-corrected chi connectivity index (χ1v) is 13.9. The number of nitrogens with one attached hydrogen (secondary N) is 3. The van der Waals surface area contributed by atoms with Crippen LogP contribution < -0.4 is 38.9 Å². The van der Waals surface area contributed by atoms with Crippen molar-refractivity contribution < 1.29 is 19.5 Å². The van der Waals surface area contributed by atoms with Crippen LogP contribution >= 0.6 is 49.6 Å². The van der Waals surface area contributed by atoms with Gasteiger partial charge in [-0.05, 0) is 79.6 Å². The number of hydrogen-bond acceptors (Lipinski definition) is 8. The lowest BCUT2D eigenvalue weighted by molar-refractivity contribution is -0.130. The van der Waals surface area contributed by atoms with Gasteiger partial charge in [0.05, 0.1) is 6.04 Å². The summed E-state index contributed by atoms with van der Waals surface area (Å²) in [6.45, 7) is 1.19. The highest BCUT2D eigenvalue weighted by Gasteiger charge is 2.27. The van der Waals surface area contributed by atoms with Gasteiger partial charge in [-0.25, -0.2) is 0 Å². The minimum atomic E-state index is -0.990. The number of phenolic OH excluding ortho intramolecular Hbond substituents is 1. The second kappa shape index (κ2) is 22.2. The Balaban J connectivity index is 0. The normalized spacial score (nSPS) is 18.6. The third-order valence-corrected chi connectivity index (χ3v) is 7.05. The van der Waals surface area contributed by atoms with Crippen LogP contribution in [0.3, 0.4) is 0 Å². The topological polar surface area (TPSA) is 212 Å². The lowest BCUT2D eigenvalue weighted by Gasteiger charge is -2.25. The predicted molar refractivity (Wildman–Crippen MR) is 184 cm³/mol. The summed E-state index contributed by atoms with van der Waals surface area (Å²) in [7, 11) is 0. The maximum atomic E-state index is 13.4. The molecule has 0 aromatic heterocycles. The van der Waals surface area contributed by atoms with Crippen LogP contribution in [0.4, 0.5) is 0 Å². The lowest BCUT2D eigenvalue weighted by Crippen LogP contribution is -2.54. The Hall–Kier alpha value is -2.35. The lowest BCUT2D eigenvalue weighted by atomic mass is 9.95. The fourth-order valence-electron chi connectivity index (χ4n) is 4.79. The number of nitrogens with two attached hydrogens (primary N) is 4. The van der Waals surface area contributed by atoms with Crippen LogP contribution in [-0.2, 0) is 27.2 Å². The summed E-state index contributed by atoms with van der Waals surface area (Å²) in [5, 5.41) is 19.0. The fourth-order valence-corrected chi connectivity index (χ4v) is 4.79. The number of fused-ring (bicyclic) bond motifs is 5. The highest BCUT2D eigenvalue weighted by Crippen LogP contribution is 2.28. The molecule has 0 saturated carbocycles. The van der Waals surface area contributed by atoms with Crippen molar-refractivity contribution in [3.63, 3.8) is 0 Å². The van der Waals surface area contributed by atoms with Crippen LogP contribution in [0.5, 0.6) is 5.75 Å². The molecule has 3 amide bonds. The standard InChI is InChI=1S/C29H43N7O4.4ClH/c30-10-2-6-22(32)17-34-27(38)16-23-13-18-4-1-5-19(12-18)20-8-9-26(37)21(14-20)15-24(33)28(39)36-25(7-3-11-31)29(40)35-23;;;;/h1,4-5,8-9,12,14,22-25,37H,2-3,6-7,10-11,13,15-17,30-33H2,(H,34,38)(H,35,40)(H,36,39);4*1H/t22-,23-,24-,25-;;;;/m0..../s1. The molecular weight excluding hydrogens is 652 g/mol. The van der Waals surface area contributed by atoms with Gasteiger partial charge in [-0.3, -0.25) is 14.4 Å². The maximum absolute atomic E-state index is 13.4. The Morgan fingerprint density at radius 2 is 1.61 bits per heavy atom. The molecule has 0 saturated heterocycles. The summed E-state index contributed by atoms with van der Waals surface area (Å²) in [6, 6.07) is 10.3. The molecule has 15 heteroatoms. The highest BCUT2D eigenvalue weighted by atomic mass is 35.5. The van der Waals surface area contributed by atoms with Crippen molar-refractivity contribution in [1.82, 2.24) is 16.0 Å². The van der Waals surface area contributed by atoms with Crippen molar-refractivity contribution >= 4 is 67.3 Å². The van der Waals surface area contributed by atoms with E-state index in [0.29, 0.717) is 50.9 Å². The van der Waals surface area contributed by atoms with Gasteiger partial charge >= 0.3 is 0 Å². The van der Waals surface area contributed by atoms with Crippen molar-refractivity contribution in [1.29, 1.82) is 0 Å². The number of halogens is 4. The maximum Gasteiger partial charge on any atom is 0.242 e. The van der Waals surface area contributed by atoms with E-state index in [0.717, 1.165) is 23.1 Å². The van der Waals surface area contributed by atoms with E-state index in [4.69, 9.17) is 22.9 Å². The molecule has 3 rings (SSSR count). The minimum absolute atomic E-state index is 0. The van der Waals surface area contributed by atoms with E-state index in [2.05, 4.69) is 16.0 Å². The zero-order chi connectivity index (χ0) is 29.1.